The van der Waals surface area contributed by atoms with E-state index in [9.17, 15) is 4.79 Å². The van der Waals surface area contributed by atoms with Gasteiger partial charge in [-0.05, 0) is 79.8 Å². The van der Waals surface area contributed by atoms with Crippen LogP contribution in [0.1, 0.15) is 46.6 Å². The molecule has 2 aromatic carbocycles. The van der Waals surface area contributed by atoms with Gasteiger partial charge in [0.15, 0.2) is 0 Å². The first-order valence-corrected chi connectivity index (χ1v) is 11.4. The van der Waals surface area contributed by atoms with Crippen molar-refractivity contribution in [3.05, 3.63) is 88.7 Å². The second-order valence-corrected chi connectivity index (χ2v) is 8.44. The predicted molar refractivity (Wildman–Crippen MR) is 145 cm³/mol. The van der Waals surface area contributed by atoms with Crippen LogP contribution >= 0.6 is 0 Å². The van der Waals surface area contributed by atoms with E-state index in [1.807, 2.05) is 38.7 Å². The quantitative estimate of drug-likeness (QED) is 0.450. The standard InChI is InChI=1S/C21H27NO3.C6H7N.2CH2O/c1-14(2)12-22(5)19-10-15(3)16(4)11-20(19)25-13-17-6-8-18(9-7-17)21(23)24;1-6-4-2-3-5-7-6;2*1-2/h6-11,14H,12-13H2,1-5H3,(H,23,24);2-5H,1H3;2*1H2. The van der Waals surface area contributed by atoms with Gasteiger partial charge in [-0.25, -0.2) is 4.79 Å². The summed E-state index contributed by atoms with van der Waals surface area (Å²) in [6, 6.07) is 16.9. The van der Waals surface area contributed by atoms with Crippen LogP contribution in [0.15, 0.2) is 60.8 Å². The average molecular weight is 495 g/mol. The summed E-state index contributed by atoms with van der Waals surface area (Å²) in [7, 11) is 2.08. The lowest BCUT2D eigenvalue weighted by Crippen LogP contribution is -2.23. The number of aryl methyl sites for hydroxylation is 3. The number of pyridine rings is 1. The van der Waals surface area contributed by atoms with Crippen LogP contribution in [0.3, 0.4) is 0 Å². The first kappa shape index (κ1) is 32.0. The number of aromatic carboxylic acids is 1. The van der Waals surface area contributed by atoms with Gasteiger partial charge in [0.1, 0.15) is 25.9 Å². The maximum absolute atomic E-state index is 10.9. The molecule has 0 amide bonds. The molecule has 1 N–H and O–H groups in total. The molecule has 3 aromatic rings. The van der Waals surface area contributed by atoms with Gasteiger partial charge in [-0.1, -0.05) is 32.0 Å². The minimum Gasteiger partial charge on any atom is -0.487 e. The van der Waals surface area contributed by atoms with Gasteiger partial charge in [-0.15, -0.1) is 0 Å². The topological polar surface area (TPSA) is 96.8 Å². The van der Waals surface area contributed by atoms with Gasteiger partial charge >= 0.3 is 5.97 Å². The number of ether oxygens (including phenoxy) is 1. The number of rotatable bonds is 7. The third-order valence-corrected chi connectivity index (χ3v) is 5.03. The highest BCUT2D eigenvalue weighted by Crippen LogP contribution is 2.32. The third-order valence-electron chi connectivity index (χ3n) is 5.03. The van der Waals surface area contributed by atoms with E-state index in [-0.39, 0.29) is 5.56 Å². The van der Waals surface area contributed by atoms with Crippen molar-refractivity contribution in [1.29, 1.82) is 0 Å². The van der Waals surface area contributed by atoms with Crippen LogP contribution in [-0.2, 0) is 16.2 Å². The number of nitrogens with zero attached hydrogens (tertiary/aromatic N) is 2. The van der Waals surface area contributed by atoms with Crippen LogP contribution in [0.2, 0.25) is 0 Å². The maximum atomic E-state index is 10.9. The number of hydrogen-bond donors (Lipinski definition) is 1. The van der Waals surface area contributed by atoms with E-state index in [1.165, 1.54) is 11.1 Å². The van der Waals surface area contributed by atoms with Crippen molar-refractivity contribution in [3.63, 3.8) is 0 Å². The van der Waals surface area contributed by atoms with Crippen molar-refractivity contribution in [2.24, 2.45) is 5.92 Å². The van der Waals surface area contributed by atoms with E-state index in [0.717, 1.165) is 29.2 Å². The minimum atomic E-state index is -0.917. The van der Waals surface area contributed by atoms with Gasteiger partial charge in [-0.3, -0.25) is 4.98 Å². The zero-order valence-electron chi connectivity index (χ0n) is 22.2. The van der Waals surface area contributed by atoms with E-state index in [0.29, 0.717) is 12.5 Å². The molecule has 0 saturated heterocycles. The fourth-order valence-electron chi connectivity index (χ4n) is 3.19. The molecule has 194 valence electrons. The summed E-state index contributed by atoms with van der Waals surface area (Å²) >= 11 is 0. The van der Waals surface area contributed by atoms with E-state index >= 15 is 0 Å². The van der Waals surface area contributed by atoms with E-state index in [4.69, 9.17) is 19.4 Å². The molecule has 7 heteroatoms. The van der Waals surface area contributed by atoms with Crippen LogP contribution in [0.5, 0.6) is 5.75 Å². The predicted octanol–water partition coefficient (Wildman–Crippen LogP) is 5.69. The first-order valence-electron chi connectivity index (χ1n) is 11.4. The molecule has 0 saturated carbocycles. The Kier molecular flexibility index (Phi) is 15.5. The van der Waals surface area contributed by atoms with Crippen LogP contribution in [0, 0.1) is 26.7 Å². The Morgan fingerprint density at radius 1 is 0.972 bits per heavy atom. The van der Waals surface area contributed by atoms with E-state index in [2.05, 4.69) is 56.8 Å². The van der Waals surface area contributed by atoms with Crippen molar-refractivity contribution in [2.75, 3.05) is 18.5 Å². The lowest BCUT2D eigenvalue weighted by atomic mass is 10.1. The second-order valence-electron chi connectivity index (χ2n) is 8.44. The minimum absolute atomic E-state index is 0.285. The van der Waals surface area contributed by atoms with Gasteiger partial charge in [0.05, 0.1) is 11.3 Å². The number of carbonyl (C=O) groups excluding carboxylic acids is 2. The highest BCUT2D eigenvalue weighted by molar-refractivity contribution is 5.87. The smallest absolute Gasteiger partial charge is 0.335 e. The fourth-order valence-corrected chi connectivity index (χ4v) is 3.19. The molecule has 3 rings (SSSR count). The molecule has 1 heterocycles. The molecular formula is C29H38N2O5. The molecule has 0 spiro atoms. The summed E-state index contributed by atoms with van der Waals surface area (Å²) in [5.74, 6) is 0.496. The third kappa shape index (κ3) is 11.4. The van der Waals surface area contributed by atoms with Crippen LogP contribution in [0.25, 0.3) is 0 Å². The first-order chi connectivity index (χ1) is 17.2. The molecule has 0 bridgehead atoms. The molecule has 0 aliphatic rings. The van der Waals surface area contributed by atoms with Gasteiger partial charge in [0, 0.05) is 25.5 Å². The van der Waals surface area contributed by atoms with Gasteiger partial charge in [0.25, 0.3) is 0 Å². The Morgan fingerprint density at radius 2 is 1.56 bits per heavy atom. The lowest BCUT2D eigenvalue weighted by Gasteiger charge is -2.25. The largest absolute Gasteiger partial charge is 0.487 e. The molecular weight excluding hydrogens is 456 g/mol. The molecule has 0 atom stereocenters. The summed E-state index contributed by atoms with van der Waals surface area (Å²) in [6.07, 6.45) is 1.79. The summed E-state index contributed by atoms with van der Waals surface area (Å²) in [4.78, 5) is 33.1. The molecule has 0 aliphatic carbocycles. The normalized spacial score (nSPS) is 9.42. The summed E-state index contributed by atoms with van der Waals surface area (Å²) < 4.78 is 6.07. The molecule has 7 nitrogen and oxygen atoms in total. The fraction of sp³-hybridized carbons (Fsp3) is 0.310. The molecule has 0 fully saturated rings. The molecule has 0 aliphatic heterocycles. The van der Waals surface area contributed by atoms with E-state index < -0.39 is 5.97 Å². The SMILES string of the molecule is C=O.C=O.Cc1cc(OCc2ccc(C(=O)O)cc2)c(N(C)CC(C)C)cc1C.Cc1ccccn1. The summed E-state index contributed by atoms with van der Waals surface area (Å²) in [6.45, 7) is 15.9. The number of carboxylic acid groups (broad SMARTS) is 1. The van der Waals surface area contributed by atoms with Gasteiger partial charge in [0.2, 0.25) is 0 Å². The zero-order valence-corrected chi connectivity index (χ0v) is 22.2. The van der Waals surface area contributed by atoms with Crippen molar-refractivity contribution >= 4 is 25.2 Å². The van der Waals surface area contributed by atoms with Crippen molar-refractivity contribution in [2.45, 2.75) is 41.2 Å². The molecule has 0 unspecified atom stereocenters. The monoisotopic (exact) mass is 494 g/mol. The summed E-state index contributed by atoms with van der Waals surface area (Å²) in [5.41, 5.74) is 5.82. The van der Waals surface area contributed by atoms with Crippen molar-refractivity contribution in [3.8, 4) is 5.75 Å². The van der Waals surface area contributed by atoms with Crippen molar-refractivity contribution < 1.29 is 24.2 Å². The van der Waals surface area contributed by atoms with Gasteiger partial charge < -0.3 is 24.3 Å². The number of carboxylic acids is 1. The van der Waals surface area contributed by atoms with Crippen LogP contribution < -0.4 is 9.64 Å². The second kappa shape index (κ2) is 17.4. The highest BCUT2D eigenvalue weighted by atomic mass is 16.5. The molecule has 0 radical (unpaired) electrons. The Morgan fingerprint density at radius 3 is 2.00 bits per heavy atom. The number of aromatic nitrogens is 1. The molecule has 36 heavy (non-hydrogen) atoms. The Labute approximate surface area is 214 Å². The lowest BCUT2D eigenvalue weighted by molar-refractivity contribution is -0.0987. The Bertz CT molecular complexity index is 1040. The number of hydrogen-bond acceptors (Lipinski definition) is 6. The zero-order chi connectivity index (χ0) is 27.7. The number of carbonyl (C=O) groups is 3. The number of anilines is 1. The van der Waals surface area contributed by atoms with Crippen LogP contribution in [0.4, 0.5) is 5.69 Å². The number of benzene rings is 2. The Balaban J connectivity index is 0.000000932. The molecule has 1 aromatic heterocycles. The Hall–Kier alpha value is -4.00. The van der Waals surface area contributed by atoms with Crippen molar-refractivity contribution in [1.82, 2.24) is 4.98 Å². The highest BCUT2D eigenvalue weighted by Gasteiger charge is 2.13. The van der Waals surface area contributed by atoms with Crippen LogP contribution in [-0.4, -0.2) is 43.2 Å². The van der Waals surface area contributed by atoms with E-state index in [1.54, 1.807) is 30.5 Å². The van der Waals surface area contributed by atoms with Gasteiger partial charge in [-0.2, -0.15) is 0 Å². The summed E-state index contributed by atoms with van der Waals surface area (Å²) in [5, 5.41) is 8.97. The maximum Gasteiger partial charge on any atom is 0.335 e. The average Bonchev–Trinajstić information content (AvgIpc) is 2.87.